The van der Waals surface area contributed by atoms with Crippen LogP contribution in [0, 0.1) is 6.92 Å². The summed E-state index contributed by atoms with van der Waals surface area (Å²) >= 11 is 7.30. The summed E-state index contributed by atoms with van der Waals surface area (Å²) in [5.74, 6) is 0.585. The van der Waals surface area contributed by atoms with Gasteiger partial charge in [0.25, 0.3) is 0 Å². The van der Waals surface area contributed by atoms with Gasteiger partial charge in [0.15, 0.2) is 5.16 Å². The Bertz CT molecular complexity index is 638. The van der Waals surface area contributed by atoms with Crippen LogP contribution < -0.4 is 10.1 Å². The summed E-state index contributed by atoms with van der Waals surface area (Å²) in [5, 5.41) is 3.96. The van der Waals surface area contributed by atoms with Gasteiger partial charge in [-0.15, -0.1) is 0 Å². The number of hydrogen-bond donors (Lipinski definition) is 1. The number of nitrogens with one attached hydrogen (secondary N) is 1. The number of methoxy groups -OCH3 is 1. The molecular formula is C14H14ClN3O2S. The molecule has 0 fully saturated rings. The lowest BCUT2D eigenvalue weighted by atomic mass is 10.2. The molecule has 0 atom stereocenters. The third kappa shape index (κ3) is 4.34. The Kier molecular flexibility index (Phi) is 5.41. The molecule has 2 aromatic rings. The molecule has 0 spiro atoms. The lowest BCUT2D eigenvalue weighted by molar-refractivity contribution is -0.113. The van der Waals surface area contributed by atoms with Gasteiger partial charge < -0.3 is 10.1 Å². The Morgan fingerprint density at radius 3 is 2.76 bits per heavy atom. The van der Waals surface area contributed by atoms with Crippen LogP contribution in [0.1, 0.15) is 5.56 Å². The molecule has 1 heterocycles. The molecule has 21 heavy (non-hydrogen) atoms. The van der Waals surface area contributed by atoms with E-state index < -0.39 is 0 Å². The molecule has 1 aromatic carbocycles. The monoisotopic (exact) mass is 323 g/mol. The number of nitrogens with zero attached hydrogens (tertiary/aromatic N) is 2. The molecule has 0 aliphatic rings. The second-order valence-electron chi connectivity index (χ2n) is 4.17. The van der Waals surface area contributed by atoms with E-state index in [4.69, 9.17) is 16.3 Å². The normalized spacial score (nSPS) is 10.2. The molecule has 0 unspecified atom stereocenters. The molecule has 0 aliphatic heterocycles. The highest BCUT2D eigenvalue weighted by molar-refractivity contribution is 7.99. The Morgan fingerprint density at radius 2 is 2.10 bits per heavy atom. The molecule has 2 rings (SSSR count). The first-order valence-corrected chi connectivity index (χ1v) is 7.50. The lowest BCUT2D eigenvalue weighted by Gasteiger charge is -2.12. The topological polar surface area (TPSA) is 64.1 Å². The fraction of sp³-hybridized carbons (Fsp3) is 0.214. The van der Waals surface area contributed by atoms with E-state index >= 15 is 0 Å². The number of rotatable bonds is 5. The van der Waals surface area contributed by atoms with E-state index in [1.807, 2.05) is 6.92 Å². The molecule has 0 saturated heterocycles. The summed E-state index contributed by atoms with van der Waals surface area (Å²) in [6.45, 7) is 1.87. The zero-order valence-electron chi connectivity index (χ0n) is 11.6. The minimum Gasteiger partial charge on any atom is -0.495 e. The fourth-order valence-corrected chi connectivity index (χ4v) is 2.36. The molecule has 0 aliphatic carbocycles. The second-order valence-corrected chi connectivity index (χ2v) is 5.52. The number of hydrogen-bond acceptors (Lipinski definition) is 5. The Hall–Kier alpha value is -1.79. The number of benzene rings is 1. The van der Waals surface area contributed by atoms with Crippen molar-refractivity contribution in [1.29, 1.82) is 0 Å². The van der Waals surface area contributed by atoms with E-state index in [0.29, 0.717) is 21.6 Å². The van der Waals surface area contributed by atoms with Gasteiger partial charge in [0.1, 0.15) is 5.75 Å². The standard InChI is InChI=1S/C14H14ClN3O2S/c1-9-6-11(12(20-2)7-10(9)15)18-13(19)8-21-14-16-4-3-5-17-14/h3-7H,8H2,1-2H3,(H,18,19). The van der Waals surface area contributed by atoms with Crippen molar-refractivity contribution < 1.29 is 9.53 Å². The summed E-state index contributed by atoms with van der Waals surface area (Å²) in [4.78, 5) is 20.1. The van der Waals surface area contributed by atoms with Crippen LogP contribution in [0.15, 0.2) is 35.7 Å². The molecule has 5 nitrogen and oxygen atoms in total. The van der Waals surface area contributed by atoms with E-state index in [-0.39, 0.29) is 11.7 Å². The van der Waals surface area contributed by atoms with Crippen LogP contribution in [0.5, 0.6) is 5.75 Å². The van der Waals surface area contributed by atoms with Crippen molar-refractivity contribution in [1.82, 2.24) is 9.97 Å². The minimum atomic E-state index is -0.160. The van der Waals surface area contributed by atoms with Crippen LogP contribution in [0.25, 0.3) is 0 Å². The van der Waals surface area contributed by atoms with Crippen LogP contribution in [0.2, 0.25) is 5.02 Å². The number of anilines is 1. The van der Waals surface area contributed by atoms with Crippen molar-refractivity contribution in [3.63, 3.8) is 0 Å². The van der Waals surface area contributed by atoms with E-state index in [2.05, 4.69) is 15.3 Å². The SMILES string of the molecule is COc1cc(Cl)c(C)cc1NC(=O)CSc1ncccn1. The van der Waals surface area contributed by atoms with Gasteiger partial charge in [0.2, 0.25) is 5.91 Å². The van der Waals surface area contributed by atoms with E-state index in [0.717, 1.165) is 5.56 Å². The smallest absolute Gasteiger partial charge is 0.234 e. The third-order valence-electron chi connectivity index (χ3n) is 2.63. The average molecular weight is 324 g/mol. The number of thioether (sulfide) groups is 1. The fourth-order valence-electron chi connectivity index (χ4n) is 1.61. The maximum atomic E-state index is 12.0. The van der Waals surface area contributed by atoms with Crippen LogP contribution in [0.3, 0.4) is 0 Å². The van der Waals surface area contributed by atoms with Gasteiger partial charge in [0, 0.05) is 23.5 Å². The number of carbonyl (C=O) groups excluding carboxylic acids is 1. The predicted octanol–water partition coefficient (Wildman–Crippen LogP) is 3.18. The van der Waals surface area contributed by atoms with Gasteiger partial charge in [-0.2, -0.15) is 0 Å². The van der Waals surface area contributed by atoms with Gasteiger partial charge in [-0.05, 0) is 24.6 Å². The van der Waals surface area contributed by atoms with Crippen molar-refractivity contribution in [2.24, 2.45) is 0 Å². The number of amides is 1. The first-order valence-electron chi connectivity index (χ1n) is 6.14. The van der Waals surface area contributed by atoms with Crippen LogP contribution in [-0.4, -0.2) is 28.7 Å². The van der Waals surface area contributed by atoms with E-state index in [1.165, 1.54) is 18.9 Å². The van der Waals surface area contributed by atoms with Crippen molar-refractivity contribution >= 4 is 35.0 Å². The molecule has 110 valence electrons. The molecular weight excluding hydrogens is 310 g/mol. The quantitative estimate of drug-likeness (QED) is 0.676. The number of halogens is 1. The maximum Gasteiger partial charge on any atom is 0.234 e. The van der Waals surface area contributed by atoms with Gasteiger partial charge in [-0.1, -0.05) is 23.4 Å². The molecule has 0 bridgehead atoms. The van der Waals surface area contributed by atoms with E-state index in [9.17, 15) is 4.79 Å². The number of ether oxygens (including phenoxy) is 1. The summed E-state index contributed by atoms with van der Waals surface area (Å²) in [7, 11) is 1.53. The lowest BCUT2D eigenvalue weighted by Crippen LogP contribution is -2.15. The second kappa shape index (κ2) is 7.28. The van der Waals surface area contributed by atoms with Crippen molar-refractivity contribution in [3.8, 4) is 5.75 Å². The Morgan fingerprint density at radius 1 is 1.38 bits per heavy atom. The van der Waals surface area contributed by atoms with E-state index in [1.54, 1.807) is 30.6 Å². The molecule has 1 amide bonds. The highest BCUT2D eigenvalue weighted by Gasteiger charge is 2.11. The first kappa shape index (κ1) is 15.6. The number of aryl methyl sites for hydroxylation is 1. The summed E-state index contributed by atoms with van der Waals surface area (Å²) in [5.41, 5.74) is 1.46. The summed E-state index contributed by atoms with van der Waals surface area (Å²) < 4.78 is 5.21. The average Bonchev–Trinajstić information content (AvgIpc) is 2.49. The summed E-state index contributed by atoms with van der Waals surface area (Å²) in [6, 6.07) is 5.19. The number of aromatic nitrogens is 2. The molecule has 1 aromatic heterocycles. The molecule has 7 heteroatoms. The van der Waals surface area contributed by atoms with Crippen LogP contribution in [-0.2, 0) is 4.79 Å². The minimum absolute atomic E-state index is 0.160. The van der Waals surface area contributed by atoms with Gasteiger partial charge in [-0.3, -0.25) is 4.79 Å². The van der Waals surface area contributed by atoms with Gasteiger partial charge in [0.05, 0.1) is 18.6 Å². The van der Waals surface area contributed by atoms with Gasteiger partial charge >= 0.3 is 0 Å². The Labute approximate surface area is 132 Å². The van der Waals surface area contributed by atoms with Gasteiger partial charge in [-0.25, -0.2) is 9.97 Å². The molecule has 0 radical (unpaired) electrons. The molecule has 1 N–H and O–H groups in total. The largest absolute Gasteiger partial charge is 0.495 e. The number of carbonyl (C=O) groups is 1. The maximum absolute atomic E-state index is 12.0. The third-order valence-corrected chi connectivity index (χ3v) is 3.91. The molecule has 0 saturated carbocycles. The van der Waals surface area contributed by atoms with Crippen molar-refractivity contribution in [3.05, 3.63) is 41.2 Å². The zero-order chi connectivity index (χ0) is 15.2. The van der Waals surface area contributed by atoms with Crippen molar-refractivity contribution in [2.75, 3.05) is 18.2 Å². The van der Waals surface area contributed by atoms with Crippen LogP contribution in [0.4, 0.5) is 5.69 Å². The highest BCUT2D eigenvalue weighted by atomic mass is 35.5. The van der Waals surface area contributed by atoms with Crippen molar-refractivity contribution in [2.45, 2.75) is 12.1 Å². The van der Waals surface area contributed by atoms with Crippen LogP contribution >= 0.6 is 23.4 Å². The Balaban J connectivity index is 2.01. The zero-order valence-corrected chi connectivity index (χ0v) is 13.2. The predicted molar refractivity (Wildman–Crippen MR) is 84.1 cm³/mol. The first-order chi connectivity index (χ1) is 10.1. The summed E-state index contributed by atoms with van der Waals surface area (Å²) in [6.07, 6.45) is 3.28. The highest BCUT2D eigenvalue weighted by Crippen LogP contribution is 2.31.